The van der Waals surface area contributed by atoms with Crippen LogP contribution in [-0.4, -0.2) is 36.3 Å². The Labute approximate surface area is 112 Å². The van der Waals surface area contributed by atoms with Gasteiger partial charge in [-0.15, -0.1) is 12.4 Å². The zero-order valence-corrected chi connectivity index (χ0v) is 10.8. The molecule has 0 bridgehead atoms. The fraction of sp³-hybridized carbons (Fsp3) is 0.308. The van der Waals surface area contributed by atoms with E-state index in [0.717, 1.165) is 42.8 Å². The summed E-state index contributed by atoms with van der Waals surface area (Å²) in [4.78, 5) is 6.72. The number of halogens is 1. The second kappa shape index (κ2) is 5.42. The van der Waals surface area contributed by atoms with E-state index >= 15 is 0 Å². The van der Waals surface area contributed by atoms with E-state index in [1.807, 2.05) is 18.3 Å². The first-order valence-electron chi connectivity index (χ1n) is 5.88. The molecular weight excluding hydrogens is 250 g/mol. The average molecular weight is 266 g/mol. The van der Waals surface area contributed by atoms with E-state index in [-0.39, 0.29) is 12.4 Å². The highest BCUT2D eigenvalue weighted by molar-refractivity contribution is 5.93. The van der Waals surface area contributed by atoms with Crippen LogP contribution in [-0.2, 0) is 0 Å². The molecule has 0 aliphatic carbocycles. The topological polar surface area (TPSA) is 48.4 Å². The first kappa shape index (κ1) is 12.9. The molecule has 0 atom stereocenters. The molecule has 0 saturated carbocycles. The van der Waals surface area contributed by atoms with Gasteiger partial charge >= 0.3 is 0 Å². The van der Waals surface area contributed by atoms with Crippen molar-refractivity contribution in [3.63, 3.8) is 0 Å². The maximum atomic E-state index is 9.59. The molecule has 0 amide bonds. The number of aromatic hydroxyl groups is 1. The summed E-state index contributed by atoms with van der Waals surface area (Å²) < 4.78 is 0. The average Bonchev–Trinajstić information content (AvgIpc) is 2.39. The summed E-state index contributed by atoms with van der Waals surface area (Å²) in [5.41, 5.74) is 0. The van der Waals surface area contributed by atoms with Crippen LogP contribution in [0.25, 0.3) is 10.8 Å². The summed E-state index contributed by atoms with van der Waals surface area (Å²) >= 11 is 0. The molecule has 2 heterocycles. The number of hydrogen-bond acceptors (Lipinski definition) is 4. The van der Waals surface area contributed by atoms with E-state index in [1.165, 1.54) is 0 Å². The molecule has 0 unspecified atom stereocenters. The van der Waals surface area contributed by atoms with Crippen LogP contribution < -0.4 is 10.2 Å². The maximum absolute atomic E-state index is 9.59. The zero-order chi connectivity index (χ0) is 11.7. The smallest absolute Gasteiger partial charge is 0.136 e. The largest absolute Gasteiger partial charge is 0.508 e. The van der Waals surface area contributed by atoms with Gasteiger partial charge in [0.2, 0.25) is 0 Å². The number of rotatable bonds is 1. The van der Waals surface area contributed by atoms with E-state index in [2.05, 4.69) is 15.2 Å². The number of benzene rings is 1. The lowest BCUT2D eigenvalue weighted by atomic mass is 10.1. The normalized spacial score (nSPS) is 15.4. The SMILES string of the molecule is Cl.Oc1ccc2ccnc(N3CCNCC3)c2c1. The Kier molecular flexibility index (Phi) is 3.89. The highest BCUT2D eigenvalue weighted by Crippen LogP contribution is 2.27. The van der Waals surface area contributed by atoms with E-state index in [0.29, 0.717) is 5.75 Å². The van der Waals surface area contributed by atoms with Gasteiger partial charge in [0.1, 0.15) is 11.6 Å². The molecule has 4 nitrogen and oxygen atoms in total. The molecule has 1 aromatic heterocycles. The number of phenolic OH excluding ortho intramolecular Hbond substituents is 1. The zero-order valence-electron chi connectivity index (χ0n) is 9.97. The number of fused-ring (bicyclic) bond motifs is 1. The van der Waals surface area contributed by atoms with Crippen LogP contribution in [0.15, 0.2) is 30.5 Å². The standard InChI is InChI=1S/C13H15N3O.ClH/c17-11-2-1-10-3-4-15-13(12(10)9-11)16-7-5-14-6-8-16;/h1-4,9,14,17H,5-8H2;1H. The van der Waals surface area contributed by atoms with Gasteiger partial charge in [-0.1, -0.05) is 6.07 Å². The van der Waals surface area contributed by atoms with Crippen molar-refractivity contribution in [2.75, 3.05) is 31.1 Å². The van der Waals surface area contributed by atoms with Crippen molar-refractivity contribution in [2.24, 2.45) is 0 Å². The maximum Gasteiger partial charge on any atom is 0.136 e. The Morgan fingerprint density at radius 3 is 2.72 bits per heavy atom. The van der Waals surface area contributed by atoms with E-state index < -0.39 is 0 Å². The Balaban J connectivity index is 0.00000120. The van der Waals surface area contributed by atoms with Gasteiger partial charge in [0.25, 0.3) is 0 Å². The van der Waals surface area contributed by atoms with Crippen LogP contribution in [0.4, 0.5) is 5.82 Å². The molecule has 5 heteroatoms. The summed E-state index contributed by atoms with van der Waals surface area (Å²) in [5, 5.41) is 15.1. The number of hydrogen-bond donors (Lipinski definition) is 2. The van der Waals surface area contributed by atoms with Crippen molar-refractivity contribution in [1.82, 2.24) is 10.3 Å². The van der Waals surface area contributed by atoms with Gasteiger partial charge in [-0.3, -0.25) is 0 Å². The van der Waals surface area contributed by atoms with Crippen LogP contribution in [0, 0.1) is 0 Å². The Morgan fingerprint density at radius 1 is 1.17 bits per heavy atom. The Morgan fingerprint density at radius 2 is 1.94 bits per heavy atom. The lowest BCUT2D eigenvalue weighted by Crippen LogP contribution is -2.43. The molecule has 96 valence electrons. The molecule has 2 N–H and O–H groups in total. The first-order chi connectivity index (χ1) is 8.34. The monoisotopic (exact) mass is 265 g/mol. The lowest BCUT2D eigenvalue weighted by Gasteiger charge is -2.29. The number of aromatic nitrogens is 1. The van der Waals surface area contributed by atoms with Crippen LogP contribution >= 0.6 is 12.4 Å². The van der Waals surface area contributed by atoms with E-state index in [1.54, 1.807) is 12.1 Å². The van der Waals surface area contributed by atoms with Crippen LogP contribution in [0.1, 0.15) is 0 Å². The molecule has 1 fully saturated rings. The number of nitrogens with one attached hydrogen (secondary N) is 1. The van der Waals surface area contributed by atoms with Gasteiger partial charge in [0.15, 0.2) is 0 Å². The van der Waals surface area contributed by atoms with Crippen molar-refractivity contribution >= 4 is 29.0 Å². The molecule has 1 aliphatic rings. The van der Waals surface area contributed by atoms with Gasteiger partial charge in [0.05, 0.1) is 0 Å². The minimum absolute atomic E-state index is 0. The fourth-order valence-electron chi connectivity index (χ4n) is 2.27. The van der Waals surface area contributed by atoms with Gasteiger partial charge in [-0.2, -0.15) is 0 Å². The van der Waals surface area contributed by atoms with Gasteiger partial charge in [-0.25, -0.2) is 4.98 Å². The molecule has 0 radical (unpaired) electrons. The second-order valence-electron chi connectivity index (χ2n) is 4.28. The third kappa shape index (κ3) is 2.35. The van der Waals surface area contributed by atoms with E-state index in [4.69, 9.17) is 0 Å². The minimum Gasteiger partial charge on any atom is -0.508 e. The van der Waals surface area contributed by atoms with Gasteiger partial charge in [-0.05, 0) is 23.6 Å². The predicted molar refractivity (Wildman–Crippen MR) is 75.7 cm³/mol. The second-order valence-corrected chi connectivity index (χ2v) is 4.28. The van der Waals surface area contributed by atoms with Gasteiger partial charge < -0.3 is 15.3 Å². The molecule has 1 aromatic carbocycles. The molecule has 3 rings (SSSR count). The van der Waals surface area contributed by atoms with Crippen molar-refractivity contribution in [3.05, 3.63) is 30.5 Å². The highest BCUT2D eigenvalue weighted by Gasteiger charge is 2.14. The summed E-state index contributed by atoms with van der Waals surface area (Å²) in [5.74, 6) is 1.27. The number of anilines is 1. The quantitative estimate of drug-likeness (QED) is 0.825. The van der Waals surface area contributed by atoms with Crippen molar-refractivity contribution in [1.29, 1.82) is 0 Å². The third-order valence-corrected chi connectivity index (χ3v) is 3.15. The fourth-order valence-corrected chi connectivity index (χ4v) is 2.27. The molecule has 1 saturated heterocycles. The lowest BCUT2D eigenvalue weighted by molar-refractivity contribution is 0.476. The number of piperazine rings is 1. The third-order valence-electron chi connectivity index (χ3n) is 3.15. The highest BCUT2D eigenvalue weighted by atomic mass is 35.5. The molecule has 1 aliphatic heterocycles. The van der Waals surface area contributed by atoms with Crippen molar-refractivity contribution < 1.29 is 5.11 Å². The summed E-state index contributed by atoms with van der Waals surface area (Å²) in [6.45, 7) is 3.89. The number of phenols is 1. The van der Waals surface area contributed by atoms with E-state index in [9.17, 15) is 5.11 Å². The summed E-state index contributed by atoms with van der Waals surface area (Å²) in [6, 6.07) is 7.40. The predicted octanol–water partition coefficient (Wildman–Crippen LogP) is 1.77. The molecule has 18 heavy (non-hydrogen) atoms. The number of pyridine rings is 1. The van der Waals surface area contributed by atoms with Crippen LogP contribution in [0.3, 0.4) is 0 Å². The van der Waals surface area contributed by atoms with Crippen LogP contribution in [0.5, 0.6) is 5.75 Å². The van der Waals surface area contributed by atoms with Gasteiger partial charge in [0, 0.05) is 37.8 Å². The Bertz CT molecular complexity index is 541. The molecule has 0 spiro atoms. The van der Waals surface area contributed by atoms with Crippen molar-refractivity contribution in [2.45, 2.75) is 0 Å². The van der Waals surface area contributed by atoms with Crippen LogP contribution in [0.2, 0.25) is 0 Å². The minimum atomic E-state index is 0. The van der Waals surface area contributed by atoms with Crippen molar-refractivity contribution in [3.8, 4) is 5.75 Å². The Hall–Kier alpha value is -1.52. The first-order valence-corrected chi connectivity index (χ1v) is 5.88. The molecular formula is C13H16ClN3O. The number of nitrogens with zero attached hydrogens (tertiary/aromatic N) is 2. The molecule has 2 aromatic rings. The summed E-state index contributed by atoms with van der Waals surface area (Å²) in [7, 11) is 0. The summed E-state index contributed by atoms with van der Waals surface area (Å²) in [6.07, 6.45) is 1.83.